The number of anilines is 1. The van der Waals surface area contributed by atoms with E-state index in [1.807, 2.05) is 30.3 Å². The van der Waals surface area contributed by atoms with Gasteiger partial charge in [0, 0.05) is 30.0 Å². The minimum Gasteiger partial charge on any atom is -0.385 e. The van der Waals surface area contributed by atoms with Gasteiger partial charge in [0.25, 0.3) is 5.91 Å². The molecule has 2 N–H and O–H groups in total. The molecule has 0 radical (unpaired) electrons. The van der Waals surface area contributed by atoms with Crippen LogP contribution in [-0.4, -0.2) is 17.4 Å². The van der Waals surface area contributed by atoms with Gasteiger partial charge in [0.2, 0.25) is 0 Å². The second kappa shape index (κ2) is 9.39. The molecule has 0 fully saturated rings. The molecule has 1 aromatic heterocycles. The maximum Gasteiger partial charge on any atom is 0.270 e. The molecule has 2 aromatic rings. The number of nitrogens with one attached hydrogen (secondary N) is 2. The summed E-state index contributed by atoms with van der Waals surface area (Å²) >= 11 is 5.87. The number of benzene rings is 1. The number of pyridine rings is 1. The van der Waals surface area contributed by atoms with Gasteiger partial charge in [-0.1, -0.05) is 35.4 Å². The van der Waals surface area contributed by atoms with Crippen LogP contribution >= 0.6 is 11.6 Å². The van der Waals surface area contributed by atoms with E-state index < -0.39 is 0 Å². The van der Waals surface area contributed by atoms with Gasteiger partial charge in [-0.25, -0.2) is 0 Å². The van der Waals surface area contributed by atoms with Crippen molar-refractivity contribution in [2.45, 2.75) is 38.6 Å². The summed E-state index contributed by atoms with van der Waals surface area (Å²) in [4.78, 5) is 16.5. The average molecular weight is 370 g/mol. The molecule has 0 saturated heterocycles. The summed E-state index contributed by atoms with van der Waals surface area (Å²) in [5.41, 5.74) is 3.88. The minimum absolute atomic E-state index is 0.182. The van der Waals surface area contributed by atoms with Gasteiger partial charge in [-0.15, -0.1) is 0 Å². The lowest BCUT2D eigenvalue weighted by Gasteiger charge is -2.13. The van der Waals surface area contributed by atoms with E-state index in [-0.39, 0.29) is 5.91 Å². The van der Waals surface area contributed by atoms with Crippen molar-refractivity contribution in [3.63, 3.8) is 0 Å². The molecular formula is C21H24ClN3O. The van der Waals surface area contributed by atoms with E-state index >= 15 is 0 Å². The van der Waals surface area contributed by atoms with Crippen molar-refractivity contribution in [2.75, 3.05) is 11.9 Å². The second-order valence-corrected chi connectivity index (χ2v) is 6.96. The van der Waals surface area contributed by atoms with Crippen LogP contribution in [0, 0.1) is 0 Å². The quantitative estimate of drug-likeness (QED) is 0.677. The lowest BCUT2D eigenvalue weighted by Crippen LogP contribution is -2.23. The number of allylic oxidation sites excluding steroid dienone is 1. The Bertz CT molecular complexity index is 771. The van der Waals surface area contributed by atoms with Gasteiger partial charge in [0.1, 0.15) is 5.69 Å². The topological polar surface area (TPSA) is 54.0 Å². The molecule has 1 aliphatic carbocycles. The third-order valence-corrected chi connectivity index (χ3v) is 4.77. The zero-order chi connectivity index (χ0) is 18.2. The molecule has 3 rings (SSSR count). The molecular weight excluding hydrogens is 346 g/mol. The van der Waals surface area contributed by atoms with Crippen molar-refractivity contribution >= 4 is 23.2 Å². The molecule has 26 heavy (non-hydrogen) atoms. The fourth-order valence-electron chi connectivity index (χ4n) is 3.04. The highest BCUT2D eigenvalue weighted by atomic mass is 35.5. The Morgan fingerprint density at radius 2 is 2.00 bits per heavy atom. The second-order valence-electron chi connectivity index (χ2n) is 6.52. The average Bonchev–Trinajstić information content (AvgIpc) is 2.68. The highest BCUT2D eigenvalue weighted by Gasteiger charge is 2.08. The number of carbonyl (C=O) groups excluding carboxylic acids is 1. The predicted molar refractivity (Wildman–Crippen MR) is 107 cm³/mol. The molecule has 0 saturated carbocycles. The molecule has 0 bridgehead atoms. The molecule has 0 aliphatic heterocycles. The van der Waals surface area contributed by atoms with Crippen LogP contribution in [0.1, 0.15) is 48.2 Å². The molecule has 0 atom stereocenters. The molecule has 1 amide bonds. The zero-order valence-corrected chi connectivity index (χ0v) is 15.6. The van der Waals surface area contributed by atoms with Crippen molar-refractivity contribution in [3.05, 3.63) is 70.5 Å². The molecule has 136 valence electrons. The Morgan fingerprint density at radius 3 is 2.77 bits per heavy atom. The van der Waals surface area contributed by atoms with Crippen LogP contribution < -0.4 is 10.6 Å². The van der Waals surface area contributed by atoms with Crippen LogP contribution in [0.25, 0.3) is 0 Å². The van der Waals surface area contributed by atoms with E-state index in [1.165, 1.54) is 25.7 Å². The van der Waals surface area contributed by atoms with E-state index in [4.69, 9.17) is 11.6 Å². The SMILES string of the molecule is O=C(NCc1ccc(Cl)cc1)c1cc(NCCC2=CCCCC2)ccn1. The summed E-state index contributed by atoms with van der Waals surface area (Å²) in [5.74, 6) is -0.182. The van der Waals surface area contributed by atoms with Gasteiger partial charge in [-0.2, -0.15) is 0 Å². The smallest absolute Gasteiger partial charge is 0.270 e. The van der Waals surface area contributed by atoms with Crippen molar-refractivity contribution in [2.24, 2.45) is 0 Å². The van der Waals surface area contributed by atoms with Crippen molar-refractivity contribution in [3.8, 4) is 0 Å². The van der Waals surface area contributed by atoms with E-state index in [1.54, 1.807) is 17.8 Å². The molecule has 1 aliphatic rings. The Labute approximate surface area is 159 Å². The van der Waals surface area contributed by atoms with Crippen molar-refractivity contribution in [1.29, 1.82) is 0 Å². The molecule has 5 heteroatoms. The summed E-state index contributed by atoms with van der Waals surface area (Å²) in [6.07, 6.45) is 10.1. The van der Waals surface area contributed by atoms with Gasteiger partial charge in [-0.05, 0) is 61.9 Å². The van der Waals surface area contributed by atoms with E-state index in [0.717, 1.165) is 24.2 Å². The standard InChI is InChI=1S/C21H24ClN3O/c22-18-8-6-17(7-9-18)15-25-21(26)20-14-19(11-13-24-20)23-12-10-16-4-2-1-3-5-16/h4,6-9,11,13-14H,1-3,5,10,12,15H2,(H,23,24)(H,25,26). The summed E-state index contributed by atoms with van der Waals surface area (Å²) in [7, 11) is 0. The monoisotopic (exact) mass is 369 g/mol. The van der Waals surface area contributed by atoms with Gasteiger partial charge in [-0.3, -0.25) is 9.78 Å². The van der Waals surface area contributed by atoms with Crippen LogP contribution in [-0.2, 0) is 6.54 Å². The van der Waals surface area contributed by atoms with Gasteiger partial charge in [0.15, 0.2) is 0 Å². The number of hydrogen-bond acceptors (Lipinski definition) is 3. The number of carbonyl (C=O) groups is 1. The minimum atomic E-state index is -0.182. The van der Waals surface area contributed by atoms with Crippen LogP contribution in [0.15, 0.2) is 54.2 Å². The van der Waals surface area contributed by atoms with Crippen LogP contribution in [0.2, 0.25) is 5.02 Å². The number of aromatic nitrogens is 1. The Morgan fingerprint density at radius 1 is 1.15 bits per heavy atom. The highest BCUT2D eigenvalue weighted by molar-refractivity contribution is 6.30. The summed E-state index contributed by atoms with van der Waals surface area (Å²) < 4.78 is 0. The first-order valence-corrected chi connectivity index (χ1v) is 9.49. The number of halogens is 1. The van der Waals surface area contributed by atoms with Crippen LogP contribution in [0.3, 0.4) is 0 Å². The maximum atomic E-state index is 12.3. The number of amides is 1. The fraction of sp³-hybridized carbons (Fsp3) is 0.333. The van der Waals surface area contributed by atoms with Crippen LogP contribution in [0.4, 0.5) is 5.69 Å². The molecule has 1 aromatic carbocycles. The Balaban J connectivity index is 1.50. The van der Waals surface area contributed by atoms with Crippen molar-refractivity contribution in [1.82, 2.24) is 10.3 Å². The largest absolute Gasteiger partial charge is 0.385 e. The first-order chi connectivity index (χ1) is 12.7. The fourth-order valence-corrected chi connectivity index (χ4v) is 3.16. The van der Waals surface area contributed by atoms with Gasteiger partial charge in [0.05, 0.1) is 0 Å². The zero-order valence-electron chi connectivity index (χ0n) is 14.8. The molecule has 0 unspecified atom stereocenters. The molecule has 0 spiro atoms. The van der Waals surface area contributed by atoms with Gasteiger partial charge < -0.3 is 10.6 Å². The normalized spacial score (nSPS) is 13.8. The predicted octanol–water partition coefficient (Wildman–Crippen LogP) is 4.97. The lowest BCUT2D eigenvalue weighted by atomic mass is 9.97. The van der Waals surface area contributed by atoms with E-state index in [0.29, 0.717) is 17.3 Å². The highest BCUT2D eigenvalue weighted by Crippen LogP contribution is 2.20. The first kappa shape index (κ1) is 18.5. The molecule has 4 nitrogen and oxygen atoms in total. The number of rotatable bonds is 7. The third-order valence-electron chi connectivity index (χ3n) is 4.52. The van der Waals surface area contributed by atoms with Crippen molar-refractivity contribution < 1.29 is 4.79 Å². The summed E-state index contributed by atoms with van der Waals surface area (Å²) in [6.45, 7) is 1.32. The van der Waals surface area contributed by atoms with E-state index in [2.05, 4.69) is 21.7 Å². The molecule has 1 heterocycles. The summed E-state index contributed by atoms with van der Waals surface area (Å²) in [5, 5.41) is 6.96. The third kappa shape index (κ3) is 5.60. The number of hydrogen-bond donors (Lipinski definition) is 2. The first-order valence-electron chi connectivity index (χ1n) is 9.11. The maximum absolute atomic E-state index is 12.3. The lowest BCUT2D eigenvalue weighted by molar-refractivity contribution is 0.0946. The Hall–Kier alpha value is -2.33. The van der Waals surface area contributed by atoms with Crippen LogP contribution in [0.5, 0.6) is 0 Å². The summed E-state index contributed by atoms with van der Waals surface area (Å²) in [6, 6.07) is 11.1. The Kier molecular flexibility index (Phi) is 6.67. The van der Waals surface area contributed by atoms with E-state index in [9.17, 15) is 4.79 Å². The number of nitrogens with zero attached hydrogens (tertiary/aromatic N) is 1. The van der Waals surface area contributed by atoms with Gasteiger partial charge >= 0.3 is 0 Å².